The second kappa shape index (κ2) is 22.4. The molecule has 0 aromatic carbocycles. The van der Waals surface area contributed by atoms with E-state index in [4.69, 9.17) is 4.74 Å². The lowest BCUT2D eigenvalue weighted by molar-refractivity contribution is -0.178. The number of nitriles is 1. The van der Waals surface area contributed by atoms with Crippen LogP contribution in [0.25, 0.3) is 0 Å². The van der Waals surface area contributed by atoms with Crippen molar-refractivity contribution < 1.29 is 23.9 Å². The number of ketones is 2. The summed E-state index contributed by atoms with van der Waals surface area (Å²) < 4.78 is 5.84. The highest BCUT2D eigenvalue weighted by Crippen LogP contribution is 2.74. The van der Waals surface area contributed by atoms with E-state index >= 15 is 0 Å². The van der Waals surface area contributed by atoms with Crippen LogP contribution in [0.4, 0.5) is 0 Å². The summed E-state index contributed by atoms with van der Waals surface area (Å²) in [6, 6.07) is 2.20. The largest absolute Gasteiger partial charge is 0.378 e. The van der Waals surface area contributed by atoms with Crippen LogP contribution in [0.5, 0.6) is 0 Å². The van der Waals surface area contributed by atoms with Crippen LogP contribution in [0.1, 0.15) is 152 Å². The Labute approximate surface area is 392 Å². The van der Waals surface area contributed by atoms with Gasteiger partial charge in [0.1, 0.15) is 6.07 Å². The first-order valence-electron chi connectivity index (χ1n) is 24.9. The first-order chi connectivity index (χ1) is 30.9. The second-order valence-corrected chi connectivity index (χ2v) is 21.6. The third kappa shape index (κ3) is 11.4. The van der Waals surface area contributed by atoms with Gasteiger partial charge in [-0.3, -0.25) is 19.2 Å². The summed E-state index contributed by atoms with van der Waals surface area (Å²) in [5, 5.41) is 16.2. The molecule has 8 heteroatoms. The molecule has 0 aromatic heterocycles. The van der Waals surface area contributed by atoms with Gasteiger partial charge in [-0.15, -0.1) is 0 Å². The van der Waals surface area contributed by atoms with Crippen LogP contribution in [-0.4, -0.2) is 49.7 Å². The van der Waals surface area contributed by atoms with Crippen LogP contribution in [0, 0.1) is 61.6 Å². The summed E-state index contributed by atoms with van der Waals surface area (Å²) in [6.07, 6.45) is 42.4. The van der Waals surface area contributed by atoms with Gasteiger partial charge in [0.05, 0.1) is 24.2 Å². The van der Waals surface area contributed by atoms with E-state index in [0.29, 0.717) is 39.1 Å². The predicted octanol–water partition coefficient (Wildman–Crippen LogP) is 11.9. The zero-order chi connectivity index (χ0) is 47.4. The summed E-state index contributed by atoms with van der Waals surface area (Å²) in [5.74, 6) is -0.381. The highest BCUT2D eigenvalue weighted by molar-refractivity contribution is 6.04. The number of nitrogens with zero attached hydrogens (tertiary/aromatic N) is 1. The highest BCUT2D eigenvalue weighted by atomic mass is 16.5. The molecule has 5 aliphatic carbocycles. The molecular formula is C57H81N3O5. The molecule has 2 N–H and O–H groups in total. The van der Waals surface area contributed by atoms with Crippen molar-refractivity contribution in [1.82, 2.24) is 10.6 Å². The summed E-state index contributed by atoms with van der Waals surface area (Å²) in [4.78, 5) is 55.1. The molecule has 0 radical (unpaired) electrons. The van der Waals surface area contributed by atoms with Gasteiger partial charge in [-0.1, -0.05) is 140 Å². The predicted molar refractivity (Wildman–Crippen MR) is 263 cm³/mol. The van der Waals surface area contributed by atoms with Crippen LogP contribution in [0.3, 0.4) is 0 Å². The number of hydrogen-bond donors (Lipinski definition) is 2. The van der Waals surface area contributed by atoms with Crippen molar-refractivity contribution in [3.8, 4) is 6.07 Å². The van der Waals surface area contributed by atoms with Gasteiger partial charge in [-0.2, -0.15) is 5.26 Å². The fourth-order valence-electron chi connectivity index (χ4n) is 12.7. The first kappa shape index (κ1) is 51.6. The molecule has 5 aliphatic rings. The van der Waals surface area contributed by atoms with Crippen molar-refractivity contribution in [2.24, 2.45) is 50.2 Å². The molecule has 7 unspecified atom stereocenters. The molecule has 0 aliphatic heterocycles. The van der Waals surface area contributed by atoms with E-state index in [2.05, 4.69) is 131 Å². The van der Waals surface area contributed by atoms with E-state index in [0.717, 1.165) is 89.0 Å². The average molecular weight is 888 g/mol. The average Bonchev–Trinajstić information content (AvgIpc) is 3.26. The molecule has 2 amide bonds. The number of carbonyl (C=O) groups excluding carboxylic acids is 4. The summed E-state index contributed by atoms with van der Waals surface area (Å²) >= 11 is 0. The van der Waals surface area contributed by atoms with Crippen molar-refractivity contribution in [3.63, 3.8) is 0 Å². The Morgan fingerprint density at radius 1 is 0.754 bits per heavy atom. The third-order valence-electron chi connectivity index (χ3n) is 16.5. The number of carbonyl (C=O) groups is 4. The van der Waals surface area contributed by atoms with Gasteiger partial charge in [-0.05, 0) is 124 Å². The molecule has 0 spiro atoms. The quantitative estimate of drug-likeness (QED) is 0.0873. The number of amides is 2. The van der Waals surface area contributed by atoms with Crippen molar-refractivity contribution in [2.45, 2.75) is 152 Å². The lowest BCUT2D eigenvalue weighted by atomic mass is 9.34. The minimum Gasteiger partial charge on any atom is -0.378 e. The smallest absolute Gasteiger partial charge is 0.226 e. The number of nitrogens with one attached hydrogen (secondary N) is 2. The number of allylic oxidation sites excluding steroid dienone is 16. The van der Waals surface area contributed by atoms with Crippen LogP contribution in [0.2, 0.25) is 0 Å². The number of rotatable bonds is 21. The maximum Gasteiger partial charge on any atom is 0.226 e. The molecular weight excluding hydrogens is 807 g/mol. The molecule has 8 nitrogen and oxygen atoms in total. The van der Waals surface area contributed by atoms with E-state index in [1.54, 1.807) is 0 Å². The number of Topliss-reactive ketones (excluding diaryl/α,β-unsaturated/α-hetero) is 1. The van der Waals surface area contributed by atoms with E-state index in [1.165, 1.54) is 0 Å². The number of hydrogen-bond acceptors (Lipinski definition) is 6. The van der Waals surface area contributed by atoms with Gasteiger partial charge < -0.3 is 15.4 Å². The van der Waals surface area contributed by atoms with Crippen LogP contribution in [0.15, 0.2) is 96.2 Å². The minimum atomic E-state index is -0.709. The third-order valence-corrected chi connectivity index (χ3v) is 16.5. The van der Waals surface area contributed by atoms with Crippen molar-refractivity contribution >= 4 is 23.4 Å². The van der Waals surface area contributed by atoms with E-state index in [9.17, 15) is 24.4 Å². The van der Waals surface area contributed by atoms with Gasteiger partial charge in [-0.25, -0.2) is 0 Å². The molecule has 5 rings (SSSR count). The Hall–Kier alpha value is -4.35. The zero-order valence-electron chi connectivity index (χ0n) is 41.2. The second-order valence-electron chi connectivity index (χ2n) is 21.6. The maximum absolute atomic E-state index is 14.8. The van der Waals surface area contributed by atoms with E-state index in [1.807, 2.05) is 26.0 Å². The number of ether oxygens (including phenoxy) is 1. The van der Waals surface area contributed by atoms with Crippen LogP contribution < -0.4 is 10.6 Å². The van der Waals surface area contributed by atoms with Crippen LogP contribution in [-0.2, 0) is 23.9 Å². The molecule has 0 bridgehead atoms. The molecule has 0 heterocycles. The highest BCUT2D eigenvalue weighted by Gasteiger charge is 2.70. The lowest BCUT2D eigenvalue weighted by Crippen LogP contribution is -2.66. The molecule has 3 saturated carbocycles. The summed E-state index contributed by atoms with van der Waals surface area (Å²) in [5.41, 5.74) is -1.36. The molecule has 0 saturated heterocycles. The Morgan fingerprint density at radius 3 is 1.89 bits per heavy atom. The van der Waals surface area contributed by atoms with Gasteiger partial charge in [0.15, 0.2) is 11.6 Å². The molecule has 7 atom stereocenters. The Kier molecular flexibility index (Phi) is 17.8. The Morgan fingerprint density at radius 2 is 1.31 bits per heavy atom. The monoisotopic (exact) mass is 888 g/mol. The number of fused-ring (bicyclic) bond motifs is 7. The standard InChI is InChI=1S/C57H81N3O5/c1-9-10-11-12-13-14-15-16-17-18-19-20-21-22-23-24-25-26-27-28-48(62)59-35-37-65-38-36-60-51(64)57-33-31-52(2,3)41-44(57)49-45(61)39-47-54(6)40-43(42-58)50(63)53(4,5)46(54)29-30-55(47,7)56(49,8)32-34-57/h10-11,13-14,16-17,19-20,22-23,25-26,39-40,44,46,49H,9,12,15,18,21,24,27-38,41H2,1-8H3,(H,59,62)(H,60,64). The van der Waals surface area contributed by atoms with Crippen molar-refractivity contribution in [3.05, 3.63) is 96.2 Å². The van der Waals surface area contributed by atoms with Gasteiger partial charge in [0.2, 0.25) is 11.8 Å². The summed E-state index contributed by atoms with van der Waals surface area (Å²) in [6.45, 7) is 18.9. The fourth-order valence-corrected chi connectivity index (χ4v) is 12.7. The topological polar surface area (TPSA) is 125 Å². The SMILES string of the molecule is CCC=CCC=CCC=CCC=CCC=CCC=CCCC(=O)NCCOCCNC(=O)C12CCC(C)(C)CC1C1C(=O)C=C3C4(C)C=C(C#N)C(=O)C(C)(C)C4CCC3(C)C1(C)CC2. The fraction of sp³-hybridized carbons (Fsp3) is 0.632. The van der Waals surface area contributed by atoms with Gasteiger partial charge >= 0.3 is 0 Å². The molecule has 354 valence electrons. The van der Waals surface area contributed by atoms with E-state index in [-0.39, 0.29) is 63.0 Å². The maximum atomic E-state index is 14.8. The van der Waals surface area contributed by atoms with E-state index < -0.39 is 16.2 Å². The normalized spacial score (nSPS) is 31.8. The zero-order valence-corrected chi connectivity index (χ0v) is 41.2. The van der Waals surface area contributed by atoms with Crippen molar-refractivity contribution in [1.29, 1.82) is 5.26 Å². The lowest BCUT2D eigenvalue weighted by Gasteiger charge is -2.69. The first-order valence-corrected chi connectivity index (χ1v) is 24.9. The molecule has 3 fully saturated rings. The van der Waals surface area contributed by atoms with Gasteiger partial charge in [0, 0.05) is 36.3 Å². The Bertz CT molecular complexity index is 2020. The Balaban J connectivity index is 1.04. The molecule has 0 aromatic rings. The van der Waals surface area contributed by atoms with Crippen LogP contribution >= 0.6 is 0 Å². The van der Waals surface area contributed by atoms with Gasteiger partial charge in [0.25, 0.3) is 0 Å². The molecule has 65 heavy (non-hydrogen) atoms. The van der Waals surface area contributed by atoms with Crippen molar-refractivity contribution in [2.75, 3.05) is 26.3 Å². The summed E-state index contributed by atoms with van der Waals surface area (Å²) in [7, 11) is 0. The minimum absolute atomic E-state index is 0.000416.